The van der Waals surface area contributed by atoms with Gasteiger partial charge in [0.1, 0.15) is 5.82 Å². The number of hydrogen-bond acceptors (Lipinski definition) is 7. The van der Waals surface area contributed by atoms with Gasteiger partial charge in [-0.25, -0.2) is 14.2 Å². The van der Waals surface area contributed by atoms with Crippen LogP contribution in [0.2, 0.25) is 0 Å². The van der Waals surface area contributed by atoms with Crippen molar-refractivity contribution in [1.29, 1.82) is 0 Å². The topological polar surface area (TPSA) is 139 Å². The van der Waals surface area contributed by atoms with E-state index in [1.54, 1.807) is 16.9 Å². The van der Waals surface area contributed by atoms with E-state index in [9.17, 15) is 18.3 Å². The molecule has 164 valence electrons. The summed E-state index contributed by atoms with van der Waals surface area (Å²) < 4.78 is 33.7. The lowest BCUT2D eigenvalue weighted by Gasteiger charge is -2.13. The van der Waals surface area contributed by atoms with Gasteiger partial charge >= 0.3 is 6.03 Å². The average molecular weight is 446 g/mol. The van der Waals surface area contributed by atoms with Crippen molar-refractivity contribution in [3.05, 3.63) is 53.2 Å². The summed E-state index contributed by atoms with van der Waals surface area (Å²) in [5.41, 5.74) is 2.23. The zero-order valence-electron chi connectivity index (χ0n) is 17.3. The van der Waals surface area contributed by atoms with Crippen molar-refractivity contribution < 1.29 is 22.7 Å². The second kappa shape index (κ2) is 7.50. The number of aliphatic hydroxyl groups is 1. The Morgan fingerprint density at radius 1 is 1.29 bits per heavy atom. The van der Waals surface area contributed by atoms with Gasteiger partial charge in [0.05, 0.1) is 23.2 Å². The van der Waals surface area contributed by atoms with Gasteiger partial charge in [0, 0.05) is 29.1 Å². The van der Waals surface area contributed by atoms with Crippen LogP contribution in [0.1, 0.15) is 42.8 Å². The van der Waals surface area contributed by atoms with Gasteiger partial charge in [-0.3, -0.25) is 10.3 Å². The molecule has 0 saturated heterocycles. The lowest BCUT2D eigenvalue weighted by atomic mass is 10.0. The summed E-state index contributed by atoms with van der Waals surface area (Å²) in [5.74, 6) is 0.419. The van der Waals surface area contributed by atoms with Crippen LogP contribution in [0.15, 0.2) is 40.2 Å². The van der Waals surface area contributed by atoms with Crippen LogP contribution in [0.4, 0.5) is 10.6 Å². The molecule has 1 aliphatic rings. The Balaban J connectivity index is 1.60. The molecule has 4 rings (SSSR count). The van der Waals surface area contributed by atoms with Gasteiger partial charge in [-0.15, -0.1) is 0 Å². The minimum absolute atomic E-state index is 0.275. The molecule has 0 aliphatic heterocycles. The maximum Gasteiger partial charge on any atom is 0.334 e. The van der Waals surface area contributed by atoms with Gasteiger partial charge in [0.2, 0.25) is 5.09 Å². The molecule has 2 amide bonds. The first-order valence-corrected chi connectivity index (χ1v) is 11.2. The summed E-state index contributed by atoms with van der Waals surface area (Å²) >= 11 is 0. The maximum absolute atomic E-state index is 12.6. The number of anilines is 1. The molecule has 3 aromatic rings. The quantitative estimate of drug-likeness (QED) is 0.548. The van der Waals surface area contributed by atoms with Crippen LogP contribution in [0.5, 0.6) is 0 Å². The molecule has 0 saturated carbocycles. The van der Waals surface area contributed by atoms with Crippen molar-refractivity contribution >= 4 is 21.9 Å². The van der Waals surface area contributed by atoms with E-state index in [4.69, 9.17) is 4.42 Å². The standard InChI is InChI=1S/C20H23N5O5S/c1-12-9-14(7-8-21-12)25-18(15-5-4-6-16(15)23-25)22-19(26)24-31(28,29)17-10-13(11-30-17)20(2,3)27/h7-11,27H,4-6H2,1-3H3,(H2,22,24,26). The molecule has 0 bridgehead atoms. The second-order valence-electron chi connectivity index (χ2n) is 7.97. The number of carbonyl (C=O) groups is 1. The molecule has 0 spiro atoms. The molecule has 10 nitrogen and oxygen atoms in total. The molecule has 0 unspecified atom stereocenters. The maximum atomic E-state index is 12.6. The fourth-order valence-electron chi connectivity index (χ4n) is 3.45. The van der Waals surface area contributed by atoms with Crippen molar-refractivity contribution in [2.75, 3.05) is 5.32 Å². The number of nitrogens with one attached hydrogen (secondary N) is 2. The van der Waals surface area contributed by atoms with E-state index in [0.717, 1.165) is 42.5 Å². The number of furan rings is 1. The largest absolute Gasteiger partial charge is 0.451 e. The molecule has 3 heterocycles. The predicted octanol–water partition coefficient (Wildman–Crippen LogP) is 2.40. The van der Waals surface area contributed by atoms with Crippen LogP contribution in [0.25, 0.3) is 5.69 Å². The van der Waals surface area contributed by atoms with Crippen molar-refractivity contribution in [3.63, 3.8) is 0 Å². The van der Waals surface area contributed by atoms with Crippen LogP contribution < -0.4 is 10.0 Å². The number of aryl methyl sites for hydroxylation is 2. The Morgan fingerprint density at radius 2 is 2.06 bits per heavy atom. The highest BCUT2D eigenvalue weighted by Gasteiger charge is 2.28. The number of hydrogen-bond donors (Lipinski definition) is 3. The van der Waals surface area contributed by atoms with E-state index in [0.29, 0.717) is 11.5 Å². The van der Waals surface area contributed by atoms with Gasteiger partial charge in [-0.05, 0) is 52.2 Å². The van der Waals surface area contributed by atoms with E-state index in [2.05, 4.69) is 15.4 Å². The third-order valence-electron chi connectivity index (χ3n) is 5.04. The Labute approximate surface area is 179 Å². The first-order valence-electron chi connectivity index (χ1n) is 9.73. The van der Waals surface area contributed by atoms with Crippen molar-refractivity contribution in [2.45, 2.75) is 50.7 Å². The predicted molar refractivity (Wildman–Crippen MR) is 111 cm³/mol. The minimum atomic E-state index is -4.28. The van der Waals surface area contributed by atoms with E-state index in [-0.39, 0.29) is 5.56 Å². The lowest BCUT2D eigenvalue weighted by molar-refractivity contribution is 0.0779. The zero-order chi connectivity index (χ0) is 22.4. The lowest BCUT2D eigenvalue weighted by Crippen LogP contribution is -2.35. The Bertz CT molecular complexity index is 1250. The summed E-state index contributed by atoms with van der Waals surface area (Å²) in [6.07, 6.45) is 5.21. The number of rotatable bonds is 5. The Kier molecular flexibility index (Phi) is 5.10. The molecule has 0 atom stereocenters. The average Bonchev–Trinajstić information content (AvgIpc) is 3.38. The van der Waals surface area contributed by atoms with Crippen LogP contribution in [-0.2, 0) is 28.5 Å². The van der Waals surface area contributed by atoms with Crippen LogP contribution in [-0.4, -0.2) is 34.3 Å². The number of aromatic nitrogens is 3. The number of pyridine rings is 1. The molecule has 11 heteroatoms. The molecule has 3 N–H and O–H groups in total. The molecule has 1 aliphatic carbocycles. The van der Waals surface area contributed by atoms with E-state index in [1.807, 2.05) is 17.7 Å². The van der Waals surface area contributed by atoms with Crippen molar-refractivity contribution in [2.24, 2.45) is 0 Å². The Hall–Kier alpha value is -3.18. The highest BCUT2D eigenvalue weighted by Crippen LogP contribution is 2.31. The first kappa shape index (κ1) is 21.1. The zero-order valence-corrected chi connectivity index (χ0v) is 18.2. The number of carbonyl (C=O) groups excluding carboxylic acids is 1. The second-order valence-corrected chi connectivity index (χ2v) is 9.58. The number of urea groups is 1. The molecule has 0 aromatic carbocycles. The first-order chi connectivity index (χ1) is 14.5. The molecular weight excluding hydrogens is 422 g/mol. The normalized spacial score (nSPS) is 13.8. The summed E-state index contributed by atoms with van der Waals surface area (Å²) in [6, 6.07) is 3.82. The highest BCUT2D eigenvalue weighted by atomic mass is 32.2. The third kappa shape index (κ3) is 4.19. The highest BCUT2D eigenvalue weighted by molar-refractivity contribution is 7.89. The van der Waals surface area contributed by atoms with E-state index >= 15 is 0 Å². The number of sulfonamides is 1. The summed E-state index contributed by atoms with van der Waals surface area (Å²) in [6.45, 7) is 4.84. The van der Waals surface area contributed by atoms with Crippen LogP contribution in [0, 0.1) is 6.92 Å². The van der Waals surface area contributed by atoms with Gasteiger partial charge in [-0.1, -0.05) is 0 Å². The van der Waals surface area contributed by atoms with Gasteiger partial charge in [0.15, 0.2) is 0 Å². The van der Waals surface area contributed by atoms with Gasteiger partial charge in [0.25, 0.3) is 10.0 Å². The third-order valence-corrected chi connectivity index (χ3v) is 6.24. The fraction of sp³-hybridized carbons (Fsp3) is 0.350. The van der Waals surface area contributed by atoms with Gasteiger partial charge in [-0.2, -0.15) is 13.5 Å². The van der Waals surface area contributed by atoms with Crippen molar-refractivity contribution in [3.8, 4) is 5.69 Å². The van der Waals surface area contributed by atoms with Gasteiger partial charge < -0.3 is 9.52 Å². The smallest absolute Gasteiger partial charge is 0.334 e. The SMILES string of the molecule is Cc1cc(-n2nc3c(c2NC(=O)NS(=O)(=O)c2cc(C(C)(C)O)co2)CCC3)ccn1. The Morgan fingerprint density at radius 3 is 2.74 bits per heavy atom. The summed E-state index contributed by atoms with van der Waals surface area (Å²) in [5, 5.41) is 16.8. The van der Waals surface area contributed by atoms with Crippen LogP contribution >= 0.6 is 0 Å². The summed E-state index contributed by atoms with van der Waals surface area (Å²) in [7, 11) is -4.28. The minimum Gasteiger partial charge on any atom is -0.451 e. The molecule has 3 aromatic heterocycles. The monoisotopic (exact) mass is 445 g/mol. The van der Waals surface area contributed by atoms with Crippen LogP contribution in [0.3, 0.4) is 0 Å². The molecule has 0 fully saturated rings. The number of amides is 2. The number of fused-ring (bicyclic) bond motifs is 1. The van der Waals surface area contributed by atoms with E-state index in [1.165, 1.54) is 19.9 Å². The molecule has 0 radical (unpaired) electrons. The fourth-order valence-corrected chi connectivity index (χ4v) is 4.31. The molecule has 31 heavy (non-hydrogen) atoms. The molecular formula is C20H23N5O5S. The summed E-state index contributed by atoms with van der Waals surface area (Å²) in [4.78, 5) is 16.8. The number of nitrogens with zero attached hydrogens (tertiary/aromatic N) is 3. The van der Waals surface area contributed by atoms with Crippen molar-refractivity contribution in [1.82, 2.24) is 19.5 Å². The van der Waals surface area contributed by atoms with E-state index < -0.39 is 26.7 Å².